The van der Waals surface area contributed by atoms with E-state index in [1.165, 1.54) is 13.8 Å². The van der Waals surface area contributed by atoms with Gasteiger partial charge in [-0.05, 0) is 73.7 Å². The molecule has 0 aromatic carbocycles. The van der Waals surface area contributed by atoms with Crippen molar-refractivity contribution in [3.63, 3.8) is 0 Å². The first-order chi connectivity index (χ1) is 15.3. The topological polar surface area (TPSA) is 75.3 Å². The van der Waals surface area contributed by atoms with E-state index in [1.54, 1.807) is 6.08 Å². The second-order valence-corrected chi connectivity index (χ2v) is 11.5. The fourth-order valence-electron chi connectivity index (χ4n) is 7.73. The van der Waals surface area contributed by atoms with Crippen LogP contribution in [0.3, 0.4) is 0 Å². The van der Waals surface area contributed by atoms with Gasteiger partial charge in [-0.15, -0.1) is 0 Å². The molecule has 0 saturated heterocycles. The molecule has 1 aliphatic heterocycles. The average molecular weight is 469 g/mol. The van der Waals surface area contributed by atoms with Crippen molar-refractivity contribution in [2.75, 3.05) is 0 Å². The van der Waals surface area contributed by atoms with E-state index in [0.717, 1.165) is 32.1 Å². The predicted molar refractivity (Wildman–Crippen MR) is 117 cm³/mol. The molecule has 8 atom stereocenters. The summed E-state index contributed by atoms with van der Waals surface area (Å²) in [4.78, 5) is 37.1. The van der Waals surface area contributed by atoms with Gasteiger partial charge in [0.05, 0.1) is 6.04 Å². The van der Waals surface area contributed by atoms with Crippen LogP contribution in [0.15, 0.2) is 12.2 Å². The molecule has 3 saturated carbocycles. The lowest BCUT2D eigenvalue weighted by molar-refractivity contribution is -0.175. The van der Waals surface area contributed by atoms with Crippen LogP contribution >= 0.6 is 0 Å². The van der Waals surface area contributed by atoms with E-state index in [1.807, 2.05) is 0 Å². The minimum Gasteiger partial charge on any atom is -0.349 e. The van der Waals surface area contributed by atoms with Gasteiger partial charge in [-0.2, -0.15) is 13.2 Å². The number of rotatable bonds is 4. The van der Waals surface area contributed by atoms with Crippen molar-refractivity contribution in [3.8, 4) is 0 Å². The maximum absolute atomic E-state index is 13.2. The highest BCUT2D eigenvalue weighted by atomic mass is 19.4. The molecule has 2 amide bonds. The third-order valence-electron chi connectivity index (χ3n) is 9.53. The van der Waals surface area contributed by atoms with Gasteiger partial charge in [0.2, 0.25) is 11.8 Å². The molecule has 1 heterocycles. The summed E-state index contributed by atoms with van der Waals surface area (Å²) in [5, 5.41) is 5.61. The standard InChI is InChI=1S/C25H35F3N2O3/c1-13(2)20(21(32)25(26,27)28)30-22(33)17-7-6-15-14-5-8-18-24(4,12-10-19(31)29-18)16(14)9-11-23(15,17)3/h10,12-18,20H,5-9,11H2,1-4H3,(H,29,31)(H,30,33)/t14-,15-,16-,17+,18+,20?,23-,24+/m0/s1. The fraction of sp³-hybridized carbons (Fsp3) is 0.800. The van der Waals surface area contributed by atoms with Crippen LogP contribution in [0.2, 0.25) is 0 Å². The number of nitrogens with one attached hydrogen (secondary N) is 2. The molecule has 0 radical (unpaired) electrons. The highest BCUT2D eigenvalue weighted by molar-refractivity contribution is 5.93. The lowest BCUT2D eigenvalue weighted by Gasteiger charge is -2.58. The third kappa shape index (κ3) is 3.91. The average Bonchev–Trinajstić information content (AvgIpc) is 3.08. The minimum absolute atomic E-state index is 0.0396. The Morgan fingerprint density at radius 2 is 1.79 bits per heavy atom. The van der Waals surface area contributed by atoms with Crippen LogP contribution in [0.25, 0.3) is 0 Å². The Labute approximate surface area is 193 Å². The van der Waals surface area contributed by atoms with Gasteiger partial charge in [-0.25, -0.2) is 0 Å². The summed E-state index contributed by atoms with van der Waals surface area (Å²) >= 11 is 0. The molecule has 2 N–H and O–H groups in total. The zero-order valence-electron chi connectivity index (χ0n) is 19.8. The summed E-state index contributed by atoms with van der Waals surface area (Å²) < 4.78 is 39.2. The number of amides is 2. The van der Waals surface area contributed by atoms with Crippen LogP contribution in [0.4, 0.5) is 13.2 Å². The van der Waals surface area contributed by atoms with Gasteiger partial charge in [0.15, 0.2) is 0 Å². The molecule has 3 aliphatic carbocycles. The zero-order chi connectivity index (χ0) is 24.3. The highest BCUT2D eigenvalue weighted by Crippen LogP contribution is 2.65. The Hall–Kier alpha value is -1.86. The molecular formula is C25H35F3N2O3. The molecular weight excluding hydrogens is 433 g/mol. The van der Waals surface area contributed by atoms with Gasteiger partial charge < -0.3 is 10.6 Å². The third-order valence-corrected chi connectivity index (χ3v) is 9.53. The van der Waals surface area contributed by atoms with Gasteiger partial charge in [-0.1, -0.05) is 33.8 Å². The van der Waals surface area contributed by atoms with E-state index < -0.39 is 35.7 Å². The Morgan fingerprint density at radius 3 is 2.42 bits per heavy atom. The largest absolute Gasteiger partial charge is 0.452 e. The molecule has 5 nitrogen and oxygen atoms in total. The van der Waals surface area contributed by atoms with Crippen LogP contribution in [0.5, 0.6) is 0 Å². The number of carbonyl (C=O) groups is 3. The van der Waals surface area contributed by atoms with Crippen LogP contribution in [0.1, 0.15) is 66.2 Å². The summed E-state index contributed by atoms with van der Waals surface area (Å²) in [6.07, 6.45) is 3.86. The first kappa shape index (κ1) is 24.3. The van der Waals surface area contributed by atoms with E-state index in [0.29, 0.717) is 24.2 Å². The Bertz CT molecular complexity index is 869. The van der Waals surface area contributed by atoms with Crippen LogP contribution < -0.4 is 10.6 Å². The molecule has 0 aromatic heterocycles. The zero-order valence-corrected chi connectivity index (χ0v) is 19.8. The van der Waals surface area contributed by atoms with E-state index in [4.69, 9.17) is 0 Å². The second-order valence-electron chi connectivity index (χ2n) is 11.5. The maximum atomic E-state index is 13.2. The van der Waals surface area contributed by atoms with Gasteiger partial charge in [0, 0.05) is 17.4 Å². The molecule has 184 valence electrons. The Kier molecular flexibility index (Phi) is 5.97. The minimum atomic E-state index is -4.97. The summed E-state index contributed by atoms with van der Waals surface area (Å²) in [6, 6.07) is -1.43. The van der Waals surface area contributed by atoms with Gasteiger partial charge in [0.25, 0.3) is 5.78 Å². The van der Waals surface area contributed by atoms with Crippen molar-refractivity contribution in [1.82, 2.24) is 10.6 Å². The van der Waals surface area contributed by atoms with Crippen molar-refractivity contribution in [2.45, 2.75) is 84.5 Å². The van der Waals surface area contributed by atoms with E-state index in [9.17, 15) is 27.6 Å². The SMILES string of the molecule is CC(C)C(NC(=O)[C@H]1CC[C@H]2[C@@H]3CC[C@H]4NC(=O)C=C[C@]4(C)[C@H]3CC[C@]12C)C(=O)C(F)(F)F. The fourth-order valence-corrected chi connectivity index (χ4v) is 7.73. The maximum Gasteiger partial charge on any atom is 0.452 e. The number of halogens is 3. The van der Waals surface area contributed by atoms with Crippen molar-refractivity contribution < 1.29 is 27.6 Å². The monoisotopic (exact) mass is 468 g/mol. The molecule has 4 rings (SSSR count). The molecule has 3 fully saturated rings. The number of Topliss-reactive ketones (excluding diaryl/α,β-unsaturated/α-hetero) is 1. The van der Waals surface area contributed by atoms with Crippen LogP contribution in [-0.2, 0) is 14.4 Å². The smallest absolute Gasteiger partial charge is 0.349 e. The molecule has 33 heavy (non-hydrogen) atoms. The van der Waals surface area contributed by atoms with Gasteiger partial charge in [-0.3, -0.25) is 14.4 Å². The van der Waals surface area contributed by atoms with Gasteiger partial charge in [0.1, 0.15) is 0 Å². The first-order valence-electron chi connectivity index (χ1n) is 12.2. The van der Waals surface area contributed by atoms with Crippen molar-refractivity contribution in [1.29, 1.82) is 0 Å². The Balaban J connectivity index is 1.53. The molecule has 8 heteroatoms. The van der Waals surface area contributed by atoms with E-state index in [2.05, 4.69) is 30.6 Å². The normalized spacial score (nSPS) is 41.0. The van der Waals surface area contributed by atoms with Crippen LogP contribution in [-0.4, -0.2) is 35.9 Å². The summed E-state index contributed by atoms with van der Waals surface area (Å²) in [5.74, 6) is -2.24. The summed E-state index contributed by atoms with van der Waals surface area (Å²) in [6.45, 7) is 7.39. The predicted octanol–water partition coefficient (Wildman–Crippen LogP) is 4.17. The number of hydrogen-bond donors (Lipinski definition) is 2. The lowest BCUT2D eigenvalue weighted by atomic mass is 9.48. The highest BCUT2D eigenvalue weighted by Gasteiger charge is 2.61. The number of fused-ring (bicyclic) bond motifs is 5. The Morgan fingerprint density at radius 1 is 1.09 bits per heavy atom. The number of carbonyl (C=O) groups excluding carboxylic acids is 3. The van der Waals surface area contributed by atoms with Crippen molar-refractivity contribution >= 4 is 17.6 Å². The van der Waals surface area contributed by atoms with Crippen molar-refractivity contribution in [2.24, 2.45) is 40.4 Å². The quantitative estimate of drug-likeness (QED) is 0.650. The number of alkyl halides is 3. The molecule has 0 aromatic rings. The lowest BCUT2D eigenvalue weighted by Crippen LogP contribution is -2.60. The van der Waals surface area contributed by atoms with Crippen LogP contribution in [0, 0.1) is 40.4 Å². The van der Waals surface area contributed by atoms with E-state index in [-0.39, 0.29) is 22.8 Å². The molecule has 4 aliphatic rings. The van der Waals surface area contributed by atoms with Crippen molar-refractivity contribution in [3.05, 3.63) is 12.2 Å². The van der Waals surface area contributed by atoms with E-state index >= 15 is 0 Å². The number of ketones is 1. The second kappa shape index (κ2) is 8.12. The summed E-state index contributed by atoms with van der Waals surface area (Å²) in [5.41, 5.74) is -0.404. The molecule has 1 unspecified atom stereocenters. The summed E-state index contributed by atoms with van der Waals surface area (Å²) in [7, 11) is 0. The molecule has 0 bridgehead atoms. The molecule has 0 spiro atoms. The first-order valence-corrected chi connectivity index (χ1v) is 12.2. The number of hydrogen-bond acceptors (Lipinski definition) is 3. The van der Waals surface area contributed by atoms with Gasteiger partial charge >= 0.3 is 6.18 Å².